The smallest absolute Gasteiger partial charge is 0.140 e. The molecular weight excluding hydrogens is 253 g/mol. The van der Waals surface area contributed by atoms with Gasteiger partial charge in [0.1, 0.15) is 23.1 Å². The van der Waals surface area contributed by atoms with Crippen molar-refractivity contribution in [2.75, 3.05) is 0 Å². The van der Waals surface area contributed by atoms with Gasteiger partial charge in [0.25, 0.3) is 0 Å². The van der Waals surface area contributed by atoms with Crippen molar-refractivity contribution in [3.8, 4) is 11.3 Å². The SMILES string of the molecule is Cc1cc(F)cn2cc(-c3cc(F)cc(F)c3)nc12. The number of rotatable bonds is 1. The minimum absolute atomic E-state index is 0.320. The largest absolute Gasteiger partial charge is 0.303 e. The van der Waals surface area contributed by atoms with Crippen molar-refractivity contribution in [3.05, 3.63) is 59.7 Å². The maximum absolute atomic E-state index is 13.3. The second-order valence-electron chi connectivity index (χ2n) is 4.36. The highest BCUT2D eigenvalue weighted by molar-refractivity contribution is 5.64. The van der Waals surface area contributed by atoms with Crippen LogP contribution in [-0.2, 0) is 0 Å². The fraction of sp³-hybridized carbons (Fsp3) is 0.0714. The third-order valence-corrected chi connectivity index (χ3v) is 2.86. The Morgan fingerprint density at radius 2 is 1.58 bits per heavy atom. The Morgan fingerprint density at radius 3 is 2.26 bits per heavy atom. The molecule has 19 heavy (non-hydrogen) atoms. The third kappa shape index (κ3) is 2.07. The zero-order valence-electron chi connectivity index (χ0n) is 9.99. The van der Waals surface area contributed by atoms with Crippen LogP contribution in [0.1, 0.15) is 5.56 Å². The molecule has 96 valence electrons. The van der Waals surface area contributed by atoms with Gasteiger partial charge >= 0.3 is 0 Å². The van der Waals surface area contributed by atoms with Crippen molar-refractivity contribution in [2.24, 2.45) is 0 Å². The predicted octanol–water partition coefficient (Wildman–Crippen LogP) is 3.73. The van der Waals surface area contributed by atoms with Crippen LogP contribution in [0.4, 0.5) is 13.2 Å². The summed E-state index contributed by atoms with van der Waals surface area (Å²) in [4.78, 5) is 4.27. The highest BCUT2D eigenvalue weighted by atomic mass is 19.1. The zero-order valence-corrected chi connectivity index (χ0v) is 9.99. The Balaban J connectivity index is 2.23. The van der Waals surface area contributed by atoms with Gasteiger partial charge in [0.15, 0.2) is 0 Å². The van der Waals surface area contributed by atoms with Crippen molar-refractivity contribution >= 4 is 5.65 Å². The third-order valence-electron chi connectivity index (χ3n) is 2.86. The Bertz CT molecular complexity index is 757. The molecule has 0 saturated carbocycles. The standard InChI is InChI=1S/C14H9F3N2/c1-8-2-12(17)6-19-7-13(18-14(8)19)9-3-10(15)5-11(16)4-9/h2-7H,1H3. The molecule has 5 heteroatoms. The van der Waals surface area contributed by atoms with E-state index in [4.69, 9.17) is 0 Å². The highest BCUT2D eigenvalue weighted by Gasteiger charge is 2.10. The maximum Gasteiger partial charge on any atom is 0.140 e. The minimum atomic E-state index is -0.671. The molecule has 3 rings (SSSR count). The topological polar surface area (TPSA) is 17.3 Å². The molecule has 0 radical (unpaired) electrons. The van der Waals surface area contributed by atoms with E-state index >= 15 is 0 Å². The number of hydrogen-bond acceptors (Lipinski definition) is 1. The number of halogens is 3. The summed E-state index contributed by atoms with van der Waals surface area (Å²) in [6, 6.07) is 4.54. The molecular formula is C14H9F3N2. The number of aromatic nitrogens is 2. The number of imidazole rings is 1. The molecule has 0 N–H and O–H groups in total. The van der Waals surface area contributed by atoms with Crippen LogP contribution in [0.3, 0.4) is 0 Å². The molecule has 0 unspecified atom stereocenters. The van der Waals surface area contributed by atoms with Gasteiger partial charge in [-0.2, -0.15) is 0 Å². The first kappa shape index (κ1) is 11.8. The summed E-state index contributed by atoms with van der Waals surface area (Å²) in [6.07, 6.45) is 2.81. The van der Waals surface area contributed by atoms with Gasteiger partial charge in [-0.1, -0.05) is 0 Å². The molecule has 0 fully saturated rings. The first-order valence-corrected chi connectivity index (χ1v) is 5.64. The summed E-state index contributed by atoms with van der Waals surface area (Å²) >= 11 is 0. The Hall–Kier alpha value is -2.30. The van der Waals surface area contributed by atoms with Crippen molar-refractivity contribution in [1.82, 2.24) is 9.38 Å². The van der Waals surface area contributed by atoms with Crippen LogP contribution in [0.2, 0.25) is 0 Å². The van der Waals surface area contributed by atoms with Gasteiger partial charge in [0.05, 0.1) is 5.69 Å². The first-order valence-electron chi connectivity index (χ1n) is 5.64. The van der Waals surface area contributed by atoms with Crippen LogP contribution in [0.25, 0.3) is 16.9 Å². The van der Waals surface area contributed by atoms with E-state index in [9.17, 15) is 13.2 Å². The van der Waals surface area contributed by atoms with Gasteiger partial charge in [0.2, 0.25) is 0 Å². The van der Waals surface area contributed by atoms with Gasteiger partial charge in [0, 0.05) is 24.0 Å². The van der Waals surface area contributed by atoms with Crippen molar-refractivity contribution in [1.29, 1.82) is 0 Å². The molecule has 2 heterocycles. The van der Waals surface area contributed by atoms with E-state index in [1.54, 1.807) is 13.1 Å². The van der Waals surface area contributed by atoms with Gasteiger partial charge in [-0.3, -0.25) is 0 Å². The lowest BCUT2D eigenvalue weighted by molar-refractivity contribution is 0.584. The molecule has 0 aliphatic heterocycles. The summed E-state index contributed by atoms with van der Waals surface area (Å²) in [7, 11) is 0. The summed E-state index contributed by atoms with van der Waals surface area (Å²) in [5.74, 6) is -1.73. The predicted molar refractivity (Wildman–Crippen MR) is 65.2 cm³/mol. The van der Waals surface area contributed by atoms with E-state index < -0.39 is 11.6 Å². The van der Waals surface area contributed by atoms with Gasteiger partial charge < -0.3 is 4.40 Å². The van der Waals surface area contributed by atoms with Crippen LogP contribution in [-0.4, -0.2) is 9.38 Å². The van der Waals surface area contributed by atoms with E-state index in [1.165, 1.54) is 28.8 Å². The molecule has 3 aromatic rings. The average molecular weight is 262 g/mol. The molecule has 0 bridgehead atoms. The minimum Gasteiger partial charge on any atom is -0.303 e. The normalized spacial score (nSPS) is 11.2. The molecule has 2 nitrogen and oxygen atoms in total. The summed E-state index contributed by atoms with van der Waals surface area (Å²) in [5, 5.41) is 0. The average Bonchev–Trinajstić information content (AvgIpc) is 2.71. The number of fused-ring (bicyclic) bond motifs is 1. The lowest BCUT2D eigenvalue weighted by Crippen LogP contribution is -1.88. The van der Waals surface area contributed by atoms with E-state index in [2.05, 4.69) is 4.98 Å². The Morgan fingerprint density at radius 1 is 0.895 bits per heavy atom. The maximum atomic E-state index is 13.3. The Kier molecular flexibility index (Phi) is 2.55. The van der Waals surface area contributed by atoms with Gasteiger partial charge in [-0.05, 0) is 30.7 Å². The monoisotopic (exact) mass is 262 g/mol. The molecule has 0 aliphatic rings. The van der Waals surface area contributed by atoms with Crippen LogP contribution in [0, 0.1) is 24.4 Å². The number of benzene rings is 1. The van der Waals surface area contributed by atoms with Gasteiger partial charge in [-0.15, -0.1) is 0 Å². The molecule has 0 atom stereocenters. The lowest BCUT2D eigenvalue weighted by Gasteiger charge is -1.97. The number of nitrogens with zero attached hydrogens (tertiary/aromatic N) is 2. The summed E-state index contributed by atoms with van der Waals surface area (Å²) in [6.45, 7) is 1.72. The molecule has 1 aromatic carbocycles. The number of hydrogen-bond donors (Lipinski definition) is 0. The van der Waals surface area contributed by atoms with Crippen LogP contribution in [0.5, 0.6) is 0 Å². The molecule has 0 aliphatic carbocycles. The van der Waals surface area contributed by atoms with Crippen molar-refractivity contribution in [2.45, 2.75) is 6.92 Å². The second kappa shape index (κ2) is 4.12. The van der Waals surface area contributed by atoms with Crippen molar-refractivity contribution in [3.63, 3.8) is 0 Å². The first-order chi connectivity index (χ1) is 9.02. The van der Waals surface area contributed by atoms with Gasteiger partial charge in [-0.25, -0.2) is 18.2 Å². The van der Waals surface area contributed by atoms with E-state index in [1.807, 2.05) is 0 Å². The molecule has 2 aromatic heterocycles. The lowest BCUT2D eigenvalue weighted by atomic mass is 10.1. The van der Waals surface area contributed by atoms with Crippen LogP contribution in [0.15, 0.2) is 36.7 Å². The zero-order chi connectivity index (χ0) is 13.6. The van der Waals surface area contributed by atoms with Crippen LogP contribution >= 0.6 is 0 Å². The van der Waals surface area contributed by atoms with E-state index in [0.717, 1.165) is 6.07 Å². The molecule has 0 amide bonds. The fourth-order valence-corrected chi connectivity index (χ4v) is 2.07. The fourth-order valence-electron chi connectivity index (χ4n) is 2.07. The van der Waals surface area contributed by atoms with E-state index in [-0.39, 0.29) is 5.82 Å². The molecule has 0 saturated heterocycles. The summed E-state index contributed by atoms with van der Waals surface area (Å²) < 4.78 is 41.1. The summed E-state index contributed by atoms with van der Waals surface area (Å²) in [5.41, 5.74) is 1.93. The Labute approximate surface area is 107 Å². The highest BCUT2D eigenvalue weighted by Crippen LogP contribution is 2.23. The van der Waals surface area contributed by atoms with Crippen LogP contribution < -0.4 is 0 Å². The quantitative estimate of drug-likeness (QED) is 0.653. The second-order valence-corrected chi connectivity index (χ2v) is 4.36. The molecule has 0 spiro atoms. The van der Waals surface area contributed by atoms with Crippen molar-refractivity contribution < 1.29 is 13.2 Å². The van der Waals surface area contributed by atoms with E-state index in [0.29, 0.717) is 22.5 Å². The number of aryl methyl sites for hydroxylation is 1. The number of pyridine rings is 1.